The molecular formula is C13H13BrN2O4. The number of aromatic amines is 1. The van der Waals surface area contributed by atoms with Crippen molar-refractivity contribution >= 4 is 15.9 Å². The third kappa shape index (κ3) is 2.93. The Balaban J connectivity index is 2.33. The van der Waals surface area contributed by atoms with E-state index in [1.54, 1.807) is 26.4 Å². The third-order valence-electron chi connectivity index (χ3n) is 2.71. The van der Waals surface area contributed by atoms with Gasteiger partial charge >= 0.3 is 0 Å². The maximum absolute atomic E-state index is 11.5. The van der Waals surface area contributed by atoms with E-state index >= 15 is 0 Å². The van der Waals surface area contributed by atoms with Gasteiger partial charge in [0.2, 0.25) is 5.88 Å². The number of ether oxygens (including phenoxy) is 2. The van der Waals surface area contributed by atoms with Crippen molar-refractivity contribution in [3.05, 3.63) is 44.4 Å². The minimum Gasteiger partial charge on any atom is -0.493 e. The first-order valence-corrected chi connectivity index (χ1v) is 6.53. The van der Waals surface area contributed by atoms with Gasteiger partial charge in [0.1, 0.15) is 10.3 Å². The zero-order valence-corrected chi connectivity index (χ0v) is 12.5. The molecule has 0 spiro atoms. The van der Waals surface area contributed by atoms with Gasteiger partial charge in [0.25, 0.3) is 5.56 Å². The van der Waals surface area contributed by atoms with Crippen molar-refractivity contribution in [3.63, 3.8) is 0 Å². The maximum atomic E-state index is 11.5. The topological polar surface area (TPSA) is 84.4 Å². The second kappa shape index (κ2) is 5.96. The lowest BCUT2D eigenvalue weighted by atomic mass is 10.1. The van der Waals surface area contributed by atoms with Gasteiger partial charge in [-0.2, -0.15) is 4.98 Å². The molecule has 0 aliphatic heterocycles. The highest BCUT2D eigenvalue weighted by molar-refractivity contribution is 9.10. The average molecular weight is 341 g/mol. The molecule has 1 aromatic heterocycles. The Hall–Kier alpha value is -2.02. The molecule has 0 fully saturated rings. The molecule has 1 heterocycles. The number of nitrogens with one attached hydrogen (secondary N) is 1. The molecule has 106 valence electrons. The van der Waals surface area contributed by atoms with E-state index in [9.17, 15) is 9.90 Å². The van der Waals surface area contributed by atoms with Crippen LogP contribution in [0.3, 0.4) is 0 Å². The van der Waals surface area contributed by atoms with Crippen LogP contribution < -0.4 is 15.0 Å². The quantitative estimate of drug-likeness (QED) is 0.887. The Labute approximate surface area is 123 Å². The first-order chi connectivity index (χ1) is 9.55. The van der Waals surface area contributed by atoms with Gasteiger partial charge in [-0.25, -0.2) is 0 Å². The van der Waals surface area contributed by atoms with E-state index in [1.807, 2.05) is 6.07 Å². The molecule has 2 N–H and O–H groups in total. The van der Waals surface area contributed by atoms with Crippen molar-refractivity contribution in [2.45, 2.75) is 6.42 Å². The molecule has 0 aliphatic carbocycles. The largest absolute Gasteiger partial charge is 0.493 e. The number of aromatic hydroxyl groups is 1. The van der Waals surface area contributed by atoms with Gasteiger partial charge in [-0.3, -0.25) is 4.79 Å². The van der Waals surface area contributed by atoms with Crippen LogP contribution in [0.5, 0.6) is 17.4 Å². The molecule has 0 amide bonds. The minimum atomic E-state index is -0.423. The lowest BCUT2D eigenvalue weighted by Gasteiger charge is -2.09. The summed E-state index contributed by atoms with van der Waals surface area (Å²) >= 11 is 2.95. The van der Waals surface area contributed by atoms with E-state index in [2.05, 4.69) is 25.9 Å². The Bertz CT molecular complexity index is 685. The maximum Gasteiger partial charge on any atom is 0.269 e. The Morgan fingerprint density at radius 3 is 2.60 bits per heavy atom. The second-order valence-electron chi connectivity index (χ2n) is 4.02. The zero-order chi connectivity index (χ0) is 14.7. The van der Waals surface area contributed by atoms with Gasteiger partial charge in [0, 0.05) is 6.42 Å². The van der Waals surface area contributed by atoms with Crippen LogP contribution in [0.25, 0.3) is 0 Å². The van der Waals surface area contributed by atoms with Gasteiger partial charge in [0.05, 0.1) is 14.2 Å². The summed E-state index contributed by atoms with van der Waals surface area (Å²) < 4.78 is 10.4. The summed E-state index contributed by atoms with van der Waals surface area (Å²) in [7, 11) is 3.11. The number of aromatic nitrogens is 2. The van der Waals surface area contributed by atoms with Crippen molar-refractivity contribution < 1.29 is 14.6 Å². The van der Waals surface area contributed by atoms with Crippen LogP contribution in [0.4, 0.5) is 0 Å². The summed E-state index contributed by atoms with van der Waals surface area (Å²) in [6.45, 7) is 0. The predicted molar refractivity (Wildman–Crippen MR) is 76.6 cm³/mol. The summed E-state index contributed by atoms with van der Waals surface area (Å²) in [4.78, 5) is 18.0. The number of H-pyrrole nitrogens is 1. The lowest BCUT2D eigenvalue weighted by molar-refractivity contribution is 0.354. The van der Waals surface area contributed by atoms with E-state index in [4.69, 9.17) is 9.47 Å². The Morgan fingerprint density at radius 2 is 2.00 bits per heavy atom. The highest BCUT2D eigenvalue weighted by atomic mass is 79.9. The number of nitrogens with zero attached hydrogens (tertiary/aromatic N) is 1. The predicted octanol–water partition coefficient (Wildman–Crippen LogP) is 1.85. The van der Waals surface area contributed by atoms with Crippen LogP contribution in [-0.4, -0.2) is 29.3 Å². The number of methoxy groups -OCH3 is 2. The summed E-state index contributed by atoms with van der Waals surface area (Å²) in [6, 6.07) is 5.39. The van der Waals surface area contributed by atoms with Crippen LogP contribution in [0.15, 0.2) is 27.5 Å². The van der Waals surface area contributed by atoms with Crippen LogP contribution in [0.2, 0.25) is 0 Å². The molecule has 2 aromatic rings. The highest BCUT2D eigenvalue weighted by Gasteiger charge is 2.10. The number of halogens is 1. The molecule has 0 bridgehead atoms. The van der Waals surface area contributed by atoms with Gasteiger partial charge in [0.15, 0.2) is 11.5 Å². The molecule has 0 aliphatic rings. The van der Waals surface area contributed by atoms with Crippen molar-refractivity contribution in [3.8, 4) is 17.4 Å². The fraction of sp³-hybridized carbons (Fsp3) is 0.231. The van der Waals surface area contributed by atoms with Gasteiger partial charge in [-0.15, -0.1) is 0 Å². The number of hydrogen-bond acceptors (Lipinski definition) is 5. The van der Waals surface area contributed by atoms with E-state index in [1.165, 1.54) is 0 Å². The monoisotopic (exact) mass is 340 g/mol. The van der Waals surface area contributed by atoms with Gasteiger partial charge < -0.3 is 19.6 Å². The molecule has 0 unspecified atom stereocenters. The molecule has 0 radical (unpaired) electrons. The highest BCUT2D eigenvalue weighted by Crippen LogP contribution is 2.28. The van der Waals surface area contributed by atoms with E-state index in [0.29, 0.717) is 23.7 Å². The van der Waals surface area contributed by atoms with Gasteiger partial charge in [-0.1, -0.05) is 6.07 Å². The normalized spacial score (nSPS) is 10.3. The summed E-state index contributed by atoms with van der Waals surface area (Å²) in [5.41, 5.74) is 0.445. The van der Waals surface area contributed by atoms with Crippen LogP contribution >= 0.6 is 15.9 Å². The molecule has 2 rings (SSSR count). The van der Waals surface area contributed by atoms with E-state index < -0.39 is 5.56 Å². The lowest BCUT2D eigenvalue weighted by Crippen LogP contribution is -2.12. The summed E-state index contributed by atoms with van der Waals surface area (Å²) in [6.07, 6.45) is 0.358. The zero-order valence-electron chi connectivity index (χ0n) is 10.9. The SMILES string of the molecule is COc1ccc(Cc2nc(O)c(Br)c(=O)[nH]2)cc1OC. The molecule has 6 nitrogen and oxygen atoms in total. The first-order valence-electron chi connectivity index (χ1n) is 5.73. The molecule has 7 heteroatoms. The van der Waals surface area contributed by atoms with Crippen molar-refractivity contribution in [1.29, 1.82) is 0 Å². The Kier molecular flexibility index (Phi) is 4.29. The van der Waals surface area contributed by atoms with Crippen molar-refractivity contribution in [2.24, 2.45) is 0 Å². The molecular weight excluding hydrogens is 328 g/mol. The number of hydrogen-bond donors (Lipinski definition) is 2. The van der Waals surface area contributed by atoms with Crippen LogP contribution in [0, 0.1) is 0 Å². The third-order valence-corrected chi connectivity index (χ3v) is 3.43. The van der Waals surface area contributed by atoms with Gasteiger partial charge in [-0.05, 0) is 33.6 Å². The average Bonchev–Trinajstić information content (AvgIpc) is 2.44. The summed E-state index contributed by atoms with van der Waals surface area (Å²) in [5, 5.41) is 9.52. The van der Waals surface area contributed by atoms with Crippen molar-refractivity contribution in [2.75, 3.05) is 14.2 Å². The molecule has 20 heavy (non-hydrogen) atoms. The number of rotatable bonds is 4. The van der Waals surface area contributed by atoms with Crippen LogP contribution in [0.1, 0.15) is 11.4 Å². The number of benzene rings is 1. The molecule has 0 atom stereocenters. The van der Waals surface area contributed by atoms with Crippen LogP contribution in [-0.2, 0) is 6.42 Å². The Morgan fingerprint density at radius 1 is 1.30 bits per heavy atom. The fourth-order valence-corrected chi connectivity index (χ4v) is 1.95. The van der Waals surface area contributed by atoms with E-state index in [-0.39, 0.29) is 10.4 Å². The molecule has 1 aromatic carbocycles. The summed E-state index contributed by atoms with van der Waals surface area (Å²) in [5.74, 6) is 1.25. The first kappa shape index (κ1) is 14.4. The van der Waals surface area contributed by atoms with E-state index in [0.717, 1.165) is 5.56 Å². The standard InChI is InChI=1S/C13H13BrN2O4/c1-19-8-4-3-7(5-9(8)20-2)6-10-15-12(17)11(14)13(18)16-10/h3-5H,6H2,1-2H3,(H2,15,16,17,18). The van der Waals surface area contributed by atoms with Crippen molar-refractivity contribution in [1.82, 2.24) is 9.97 Å². The molecule has 0 saturated carbocycles. The molecule has 0 saturated heterocycles. The second-order valence-corrected chi connectivity index (χ2v) is 4.81. The minimum absolute atomic E-state index is 0.0218. The fourth-order valence-electron chi connectivity index (χ4n) is 1.76. The smallest absolute Gasteiger partial charge is 0.269 e.